The maximum atomic E-state index is 12.0. The van der Waals surface area contributed by atoms with Crippen LogP contribution < -0.4 is 0 Å². The molecular weight excluding hydrogens is 456 g/mol. The van der Waals surface area contributed by atoms with Crippen molar-refractivity contribution in [2.75, 3.05) is 6.61 Å². The Bertz CT molecular complexity index is 986. The quantitative estimate of drug-likeness (QED) is 0.306. The Hall–Kier alpha value is -0.760. The van der Waals surface area contributed by atoms with E-state index >= 15 is 0 Å². The van der Waals surface area contributed by atoms with E-state index < -0.39 is 53.4 Å². The highest BCUT2D eigenvalue weighted by atomic mass is 16.4. The lowest BCUT2D eigenvalue weighted by Crippen LogP contribution is -2.75. The largest absolute Gasteiger partial charge is 0.396 e. The fourth-order valence-corrected chi connectivity index (χ4v) is 10.4. The molecule has 0 spiro atoms. The molecule has 204 valence electrons. The van der Waals surface area contributed by atoms with Gasteiger partial charge in [0.05, 0.1) is 42.5 Å². The van der Waals surface area contributed by atoms with E-state index in [0.717, 1.165) is 24.8 Å². The molecule has 5 aliphatic carbocycles. The first-order chi connectivity index (χ1) is 16.5. The number of allylic oxidation sites excluding steroid dienone is 2. The molecule has 0 saturated heterocycles. The summed E-state index contributed by atoms with van der Waals surface area (Å²) in [4.78, 5) is 0. The van der Waals surface area contributed by atoms with E-state index in [1.54, 1.807) is 0 Å². The monoisotopic (exact) mass is 504 g/mol. The summed E-state index contributed by atoms with van der Waals surface area (Å²) >= 11 is 0. The summed E-state index contributed by atoms with van der Waals surface area (Å²) in [6.07, 6.45) is 3.93. The van der Waals surface area contributed by atoms with Crippen molar-refractivity contribution in [1.82, 2.24) is 0 Å². The van der Waals surface area contributed by atoms with Crippen molar-refractivity contribution in [2.24, 2.45) is 50.2 Å². The van der Waals surface area contributed by atoms with Crippen LogP contribution in [-0.2, 0) is 0 Å². The van der Waals surface area contributed by atoms with Crippen molar-refractivity contribution >= 4 is 0 Å². The third-order valence-corrected chi connectivity index (χ3v) is 13.0. The van der Waals surface area contributed by atoms with E-state index in [4.69, 9.17) is 0 Å². The Morgan fingerprint density at radius 1 is 0.833 bits per heavy atom. The van der Waals surface area contributed by atoms with Gasteiger partial charge in [0.2, 0.25) is 0 Å². The van der Waals surface area contributed by atoms with Gasteiger partial charge in [-0.2, -0.15) is 0 Å². The molecule has 0 aliphatic heterocycles. The van der Waals surface area contributed by atoms with Gasteiger partial charge >= 0.3 is 0 Å². The maximum Gasteiger partial charge on any atom is 0.0917 e. The van der Waals surface area contributed by atoms with Gasteiger partial charge in [0, 0.05) is 5.41 Å². The first-order valence-corrected chi connectivity index (χ1v) is 13.9. The van der Waals surface area contributed by atoms with Crippen molar-refractivity contribution in [1.29, 1.82) is 0 Å². The molecule has 0 bridgehead atoms. The van der Waals surface area contributed by atoms with Crippen LogP contribution >= 0.6 is 0 Å². The van der Waals surface area contributed by atoms with Gasteiger partial charge in [-0.15, -0.1) is 0 Å². The molecule has 0 aromatic carbocycles. The van der Waals surface area contributed by atoms with E-state index in [9.17, 15) is 30.6 Å². The number of aliphatic hydroxyl groups is 6. The Morgan fingerprint density at radius 2 is 1.44 bits per heavy atom. The van der Waals surface area contributed by atoms with Crippen LogP contribution in [0.15, 0.2) is 23.8 Å². The van der Waals surface area contributed by atoms with Crippen molar-refractivity contribution in [3.05, 3.63) is 23.8 Å². The highest BCUT2D eigenvalue weighted by Gasteiger charge is 2.74. The predicted molar refractivity (Wildman–Crippen MR) is 138 cm³/mol. The van der Waals surface area contributed by atoms with E-state index in [1.807, 2.05) is 19.9 Å². The zero-order valence-corrected chi connectivity index (χ0v) is 23.1. The smallest absolute Gasteiger partial charge is 0.0917 e. The van der Waals surface area contributed by atoms with Gasteiger partial charge in [-0.25, -0.2) is 0 Å². The third-order valence-electron chi connectivity index (χ3n) is 13.0. The topological polar surface area (TPSA) is 121 Å². The summed E-state index contributed by atoms with van der Waals surface area (Å²) < 4.78 is 0. The molecule has 0 radical (unpaired) electrons. The fraction of sp³-hybridized carbons (Fsp3) is 0.867. The maximum absolute atomic E-state index is 12.0. The first kappa shape index (κ1) is 26.8. The van der Waals surface area contributed by atoms with Crippen LogP contribution in [-0.4, -0.2) is 67.8 Å². The molecule has 0 amide bonds. The molecule has 0 heterocycles. The van der Waals surface area contributed by atoms with Crippen LogP contribution in [0, 0.1) is 50.2 Å². The molecule has 5 aliphatic rings. The van der Waals surface area contributed by atoms with Crippen molar-refractivity contribution in [2.45, 2.75) is 105 Å². The number of aliphatic hydroxyl groups excluding tert-OH is 6. The molecule has 12 atom stereocenters. The minimum absolute atomic E-state index is 0.182. The molecule has 36 heavy (non-hydrogen) atoms. The molecule has 0 aromatic heterocycles. The lowest BCUT2D eigenvalue weighted by molar-refractivity contribution is -0.284. The summed E-state index contributed by atoms with van der Waals surface area (Å²) in [5.41, 5.74) is -2.57. The molecule has 5 rings (SSSR count). The van der Waals surface area contributed by atoms with Gasteiger partial charge in [-0.3, -0.25) is 0 Å². The van der Waals surface area contributed by atoms with Gasteiger partial charge < -0.3 is 30.6 Å². The van der Waals surface area contributed by atoms with Crippen LogP contribution in [0.5, 0.6) is 0 Å². The van der Waals surface area contributed by atoms with E-state index in [2.05, 4.69) is 46.8 Å². The van der Waals surface area contributed by atoms with Gasteiger partial charge in [0.25, 0.3) is 0 Å². The number of hydrogen-bond donors (Lipinski definition) is 6. The number of hydrogen-bond acceptors (Lipinski definition) is 6. The standard InChI is InChI=1S/C30H48O6/c1-25(2)14-17-16-8-9-19-27(5)12-11-20(32)26(3,4)18(27)10-13-28(19,6)29(16,7)22(34)24(36)30(17,15-31)23(35)21(25)33/h8,11-12,17-24,31-36H,9-10,13-15H2,1-7H3/t17-,18-,19+,20-,21-,22-,23-,24+,27-,28+,29-,30+/m0/s1. The molecule has 6 N–H and O–H groups in total. The zero-order chi connectivity index (χ0) is 26.9. The average molecular weight is 505 g/mol. The zero-order valence-electron chi connectivity index (χ0n) is 23.1. The van der Waals surface area contributed by atoms with Crippen LogP contribution in [0.3, 0.4) is 0 Å². The van der Waals surface area contributed by atoms with Crippen LogP contribution in [0.4, 0.5) is 0 Å². The molecule has 0 unspecified atom stereocenters. The van der Waals surface area contributed by atoms with Gasteiger partial charge in [0.1, 0.15) is 0 Å². The Kier molecular flexibility index (Phi) is 5.72. The number of fused-ring (bicyclic) bond motifs is 7. The first-order valence-electron chi connectivity index (χ1n) is 13.9. The summed E-state index contributed by atoms with van der Waals surface area (Å²) in [5.74, 6) is 0.119. The van der Waals surface area contributed by atoms with Crippen LogP contribution in [0.25, 0.3) is 0 Å². The van der Waals surface area contributed by atoms with Crippen LogP contribution in [0.2, 0.25) is 0 Å². The Labute approximate surface area is 216 Å². The second kappa shape index (κ2) is 7.67. The highest BCUT2D eigenvalue weighted by molar-refractivity contribution is 5.39. The van der Waals surface area contributed by atoms with Crippen LogP contribution in [0.1, 0.15) is 74.1 Å². The second-order valence-electron chi connectivity index (χ2n) is 14.9. The minimum atomic E-state index is -1.42. The second-order valence-corrected chi connectivity index (χ2v) is 14.9. The predicted octanol–water partition coefficient (Wildman–Crippen LogP) is 2.80. The van der Waals surface area contributed by atoms with Crippen molar-refractivity contribution in [3.63, 3.8) is 0 Å². The van der Waals surface area contributed by atoms with Gasteiger partial charge in [0.15, 0.2) is 0 Å². The molecule has 3 fully saturated rings. The normalized spacial score (nSPS) is 57.1. The van der Waals surface area contributed by atoms with E-state index in [-0.39, 0.29) is 34.0 Å². The molecule has 6 nitrogen and oxygen atoms in total. The van der Waals surface area contributed by atoms with Gasteiger partial charge in [-0.1, -0.05) is 72.3 Å². The SMILES string of the molecule is CC1(C)C[C@H]2C3=CC[C@@H]4[C@@]5(C)C=C[C@H](O)C(C)(C)[C@@H]5CC[C@@]4(C)[C@]3(C)[C@@H](O)[C@@H](O)[C@@]2(CO)[C@@H](O)[C@@H]1O. The minimum Gasteiger partial charge on any atom is -0.396 e. The summed E-state index contributed by atoms with van der Waals surface area (Å²) in [5, 5.41) is 67.5. The average Bonchev–Trinajstić information content (AvgIpc) is 2.80. The molecular formula is C30H48O6. The van der Waals surface area contributed by atoms with Crippen molar-refractivity contribution in [3.8, 4) is 0 Å². The van der Waals surface area contributed by atoms with E-state index in [1.165, 1.54) is 0 Å². The van der Waals surface area contributed by atoms with Crippen molar-refractivity contribution < 1.29 is 30.6 Å². The molecule has 3 saturated carbocycles. The Balaban J connectivity index is 1.69. The molecule has 0 aromatic rings. The highest BCUT2D eigenvalue weighted by Crippen LogP contribution is 2.75. The van der Waals surface area contributed by atoms with Gasteiger partial charge in [-0.05, 0) is 65.1 Å². The fourth-order valence-electron chi connectivity index (χ4n) is 10.4. The Morgan fingerprint density at radius 3 is 2.06 bits per heavy atom. The van der Waals surface area contributed by atoms with E-state index in [0.29, 0.717) is 6.42 Å². The summed E-state index contributed by atoms with van der Waals surface area (Å²) in [7, 11) is 0. The summed E-state index contributed by atoms with van der Waals surface area (Å²) in [6, 6.07) is 0. The summed E-state index contributed by atoms with van der Waals surface area (Å²) in [6.45, 7) is 14.3. The number of rotatable bonds is 1. The third kappa shape index (κ3) is 2.79. The molecule has 6 heteroatoms. The lowest BCUT2D eigenvalue weighted by Gasteiger charge is -2.72. The lowest BCUT2D eigenvalue weighted by atomic mass is 9.33.